The third-order valence-corrected chi connectivity index (χ3v) is 10.1. The highest BCUT2D eigenvalue weighted by atomic mass is 32.1. The molecule has 10 heteroatoms. The van der Waals surface area contributed by atoms with Crippen molar-refractivity contribution in [2.24, 2.45) is 5.41 Å². The fourth-order valence-corrected chi connectivity index (χ4v) is 6.45. The van der Waals surface area contributed by atoms with Crippen molar-refractivity contribution < 1.29 is 24.2 Å². The van der Waals surface area contributed by atoms with Crippen molar-refractivity contribution in [3.63, 3.8) is 0 Å². The first-order valence-corrected chi connectivity index (χ1v) is 18.6. The Morgan fingerprint density at radius 3 is 1.98 bits per heavy atom. The number of carboxylic acid groups (broad SMARTS) is 1. The average Bonchev–Trinajstić information content (AvgIpc) is 3.60. The van der Waals surface area contributed by atoms with Gasteiger partial charge in [-0.1, -0.05) is 111 Å². The molecular weight excluding hydrogens is 661 g/mol. The van der Waals surface area contributed by atoms with Gasteiger partial charge in [0.2, 0.25) is 5.91 Å². The molecule has 4 rings (SSSR count). The molecule has 0 fully saturated rings. The topological polar surface area (TPSA) is 131 Å². The lowest BCUT2D eigenvalue weighted by molar-refractivity contribution is -0.145. The maximum absolute atomic E-state index is 13.6. The lowest BCUT2D eigenvalue weighted by atomic mass is 9.86. The number of hydrogen-bond acceptors (Lipinski definition) is 7. The van der Waals surface area contributed by atoms with E-state index in [0.29, 0.717) is 10.7 Å². The molecule has 0 saturated carbocycles. The number of carboxylic acids is 1. The fraction of sp³-hybridized carbons (Fsp3) is 0.439. The number of carbonyl (C=O) groups excluding carboxylic acids is 2. The Kier molecular flexibility index (Phi) is 13.5. The molecular formula is C41H52N4O5S. The first-order valence-electron chi connectivity index (χ1n) is 17.7. The second-order valence-electron chi connectivity index (χ2n) is 15.1. The zero-order valence-corrected chi connectivity index (χ0v) is 31.7. The molecule has 0 radical (unpaired) electrons. The summed E-state index contributed by atoms with van der Waals surface area (Å²) in [4.78, 5) is 49.7. The third-order valence-electron chi connectivity index (χ3n) is 8.60. The van der Waals surface area contributed by atoms with Crippen molar-refractivity contribution in [2.45, 2.75) is 104 Å². The van der Waals surface area contributed by atoms with Crippen molar-refractivity contribution in [3.8, 4) is 28.3 Å². The Hall–Kier alpha value is -4.57. The number of rotatable bonds is 16. The molecule has 2 aromatic carbocycles. The number of nitrogens with zero attached hydrogens (tertiary/aromatic N) is 2. The number of benzene rings is 2. The molecule has 3 N–H and O–H groups in total. The highest BCUT2D eigenvalue weighted by molar-refractivity contribution is 7.14. The number of ether oxygens (including phenoxy) is 1. The quantitative estimate of drug-likeness (QED) is 0.0994. The highest BCUT2D eigenvalue weighted by Gasteiger charge is 2.35. The van der Waals surface area contributed by atoms with Gasteiger partial charge in [0.1, 0.15) is 17.8 Å². The van der Waals surface area contributed by atoms with E-state index in [9.17, 15) is 19.5 Å². The molecule has 0 aliphatic rings. The SMILES string of the molecule is CCCCCCCOc1ccc(-c2cnc(-c3ccc(C[C@H](NC(=O)c4ccc(C(C)(C)C)s4)C(=O)N[C@H](C(=O)O)C(C)(C)C)cc3)nc2)cc1. The van der Waals surface area contributed by atoms with Gasteiger partial charge in [0.15, 0.2) is 5.82 Å². The van der Waals surface area contributed by atoms with Gasteiger partial charge in [-0.2, -0.15) is 0 Å². The Morgan fingerprint density at radius 1 is 0.784 bits per heavy atom. The van der Waals surface area contributed by atoms with Crippen molar-refractivity contribution in [3.05, 3.63) is 88.4 Å². The van der Waals surface area contributed by atoms with Crippen molar-refractivity contribution in [1.29, 1.82) is 0 Å². The van der Waals surface area contributed by atoms with Crippen LogP contribution < -0.4 is 15.4 Å². The summed E-state index contributed by atoms with van der Waals surface area (Å²) >= 11 is 1.38. The number of aromatic nitrogens is 2. The minimum Gasteiger partial charge on any atom is -0.494 e. The molecule has 4 aromatic rings. The molecule has 2 atom stereocenters. The number of thiophene rings is 1. The summed E-state index contributed by atoms with van der Waals surface area (Å²) in [5.74, 6) is -0.688. The summed E-state index contributed by atoms with van der Waals surface area (Å²) in [6.45, 7) is 14.4. The summed E-state index contributed by atoms with van der Waals surface area (Å²) in [6.07, 6.45) is 9.74. The lowest BCUT2D eigenvalue weighted by Gasteiger charge is -2.29. The zero-order chi connectivity index (χ0) is 37.2. The van der Waals surface area contributed by atoms with Crippen LogP contribution in [0.15, 0.2) is 73.1 Å². The summed E-state index contributed by atoms with van der Waals surface area (Å²) < 4.78 is 5.89. The number of carbonyl (C=O) groups is 3. The molecule has 2 heterocycles. The molecule has 51 heavy (non-hydrogen) atoms. The van der Waals surface area contributed by atoms with Crippen LogP contribution in [0, 0.1) is 5.41 Å². The molecule has 272 valence electrons. The Labute approximate surface area is 306 Å². The van der Waals surface area contributed by atoms with E-state index < -0.39 is 29.4 Å². The molecule has 0 bridgehead atoms. The monoisotopic (exact) mass is 712 g/mol. The van der Waals surface area contributed by atoms with Gasteiger partial charge in [-0.3, -0.25) is 9.59 Å². The van der Waals surface area contributed by atoms with Gasteiger partial charge in [-0.05, 0) is 52.6 Å². The van der Waals surface area contributed by atoms with E-state index in [0.717, 1.165) is 45.9 Å². The van der Waals surface area contributed by atoms with Gasteiger partial charge in [-0.25, -0.2) is 14.8 Å². The summed E-state index contributed by atoms with van der Waals surface area (Å²) in [5.41, 5.74) is 2.59. The standard InChI is InChI=1S/C41H52N4O5S/c1-8-9-10-11-12-23-50-31-19-17-28(18-20-31)30-25-42-36(43-26-30)29-15-13-27(14-16-29)24-32(37(46)45-35(39(48)49)41(5,6)7)44-38(47)33-21-22-34(51-33)40(2,3)4/h13-22,25-26,32,35H,8-12,23-24H2,1-7H3,(H,44,47)(H,45,46)(H,48,49)/t32-,35+/m0/s1. The average molecular weight is 713 g/mol. The Bertz CT molecular complexity index is 1740. The van der Waals surface area contributed by atoms with Crippen molar-refractivity contribution >= 4 is 29.1 Å². The second-order valence-corrected chi connectivity index (χ2v) is 16.2. The van der Waals surface area contributed by atoms with Gasteiger partial charge in [0.25, 0.3) is 5.91 Å². The predicted octanol–water partition coefficient (Wildman–Crippen LogP) is 8.48. The van der Waals surface area contributed by atoms with E-state index >= 15 is 0 Å². The zero-order valence-electron chi connectivity index (χ0n) is 30.9. The van der Waals surface area contributed by atoms with E-state index in [1.807, 2.05) is 54.6 Å². The van der Waals surface area contributed by atoms with Crippen LogP contribution in [0.5, 0.6) is 5.75 Å². The normalized spacial score (nSPS) is 12.9. The van der Waals surface area contributed by atoms with E-state index in [4.69, 9.17) is 4.74 Å². The number of nitrogens with one attached hydrogen (secondary N) is 2. The Morgan fingerprint density at radius 2 is 1.41 bits per heavy atom. The molecule has 0 aliphatic heterocycles. The van der Waals surface area contributed by atoms with E-state index in [1.165, 1.54) is 37.0 Å². The number of amides is 2. The second kappa shape index (κ2) is 17.6. The third kappa shape index (κ3) is 11.5. The van der Waals surface area contributed by atoms with Crippen LogP contribution in [0.1, 0.15) is 101 Å². The van der Waals surface area contributed by atoms with E-state index in [1.54, 1.807) is 39.2 Å². The predicted molar refractivity (Wildman–Crippen MR) is 204 cm³/mol. The summed E-state index contributed by atoms with van der Waals surface area (Å²) in [6, 6.07) is 17.0. The van der Waals surface area contributed by atoms with Crippen LogP contribution >= 0.6 is 11.3 Å². The van der Waals surface area contributed by atoms with Gasteiger partial charge in [0.05, 0.1) is 11.5 Å². The fourth-order valence-electron chi connectivity index (χ4n) is 5.48. The highest BCUT2D eigenvalue weighted by Crippen LogP contribution is 2.30. The van der Waals surface area contributed by atoms with Crippen LogP contribution in [0.2, 0.25) is 0 Å². The lowest BCUT2D eigenvalue weighted by Crippen LogP contribution is -2.56. The molecule has 0 saturated heterocycles. The largest absolute Gasteiger partial charge is 0.494 e. The summed E-state index contributed by atoms with van der Waals surface area (Å²) in [5, 5.41) is 15.4. The summed E-state index contributed by atoms with van der Waals surface area (Å²) in [7, 11) is 0. The minimum atomic E-state index is -1.14. The maximum Gasteiger partial charge on any atom is 0.326 e. The smallest absolute Gasteiger partial charge is 0.326 e. The van der Waals surface area contributed by atoms with E-state index in [-0.39, 0.29) is 17.7 Å². The van der Waals surface area contributed by atoms with Gasteiger partial charge in [0, 0.05) is 34.8 Å². The molecule has 0 aliphatic carbocycles. The minimum absolute atomic E-state index is 0.124. The molecule has 2 amide bonds. The number of hydrogen-bond donors (Lipinski definition) is 3. The molecule has 2 aromatic heterocycles. The van der Waals surface area contributed by atoms with Crippen LogP contribution in [0.3, 0.4) is 0 Å². The van der Waals surface area contributed by atoms with E-state index in [2.05, 4.69) is 48.3 Å². The number of aliphatic carboxylic acids is 1. The van der Waals surface area contributed by atoms with Crippen LogP contribution in [-0.2, 0) is 21.4 Å². The number of unbranched alkanes of at least 4 members (excludes halogenated alkanes) is 4. The van der Waals surface area contributed by atoms with Crippen LogP contribution in [-0.4, -0.2) is 51.5 Å². The van der Waals surface area contributed by atoms with Crippen LogP contribution in [0.4, 0.5) is 0 Å². The molecule has 0 spiro atoms. The van der Waals surface area contributed by atoms with Gasteiger partial charge >= 0.3 is 5.97 Å². The Balaban J connectivity index is 1.44. The van der Waals surface area contributed by atoms with Gasteiger partial charge in [-0.15, -0.1) is 11.3 Å². The first-order chi connectivity index (χ1) is 24.2. The van der Waals surface area contributed by atoms with Crippen molar-refractivity contribution in [2.75, 3.05) is 6.61 Å². The first kappa shape index (κ1) is 39.2. The van der Waals surface area contributed by atoms with Gasteiger partial charge < -0.3 is 20.5 Å². The molecule has 9 nitrogen and oxygen atoms in total. The van der Waals surface area contributed by atoms with Crippen LogP contribution in [0.25, 0.3) is 22.5 Å². The van der Waals surface area contributed by atoms with Crippen molar-refractivity contribution in [1.82, 2.24) is 20.6 Å². The maximum atomic E-state index is 13.6. The molecule has 0 unspecified atom stereocenters.